The number of thiophene rings is 1. The maximum atomic E-state index is 12.1. The summed E-state index contributed by atoms with van der Waals surface area (Å²) in [5, 5.41) is 12.4. The van der Waals surface area contributed by atoms with E-state index < -0.39 is 11.9 Å². The molecule has 0 bridgehead atoms. The third-order valence-corrected chi connectivity index (χ3v) is 4.04. The van der Waals surface area contributed by atoms with Crippen molar-refractivity contribution in [3.63, 3.8) is 0 Å². The number of carboxylic acids is 1. The molecule has 0 saturated heterocycles. The lowest BCUT2D eigenvalue weighted by Crippen LogP contribution is -2.12. The molecule has 0 fully saturated rings. The zero-order chi connectivity index (χ0) is 14.9. The Morgan fingerprint density at radius 2 is 2.05 bits per heavy atom. The van der Waals surface area contributed by atoms with Gasteiger partial charge in [-0.25, -0.2) is 4.79 Å². The SMILES string of the molecule is Cc1cc(Cl)c(C(=O)Nc2cc(C)c(C(=O)O)s2)cn1. The molecule has 2 aromatic heterocycles. The Morgan fingerprint density at radius 3 is 2.60 bits per heavy atom. The van der Waals surface area contributed by atoms with E-state index in [-0.39, 0.29) is 10.4 Å². The Morgan fingerprint density at radius 1 is 1.35 bits per heavy atom. The van der Waals surface area contributed by atoms with Crippen LogP contribution in [0.15, 0.2) is 18.3 Å². The number of nitrogens with one attached hydrogen (secondary N) is 1. The molecule has 0 aromatic carbocycles. The van der Waals surface area contributed by atoms with Crippen LogP contribution in [0.4, 0.5) is 5.00 Å². The predicted octanol–water partition coefficient (Wildman–Crippen LogP) is 3.36. The lowest BCUT2D eigenvalue weighted by Gasteiger charge is -2.04. The third kappa shape index (κ3) is 2.97. The summed E-state index contributed by atoms with van der Waals surface area (Å²) >= 11 is 6.99. The maximum Gasteiger partial charge on any atom is 0.346 e. The Balaban J connectivity index is 2.23. The quantitative estimate of drug-likeness (QED) is 0.911. The van der Waals surface area contributed by atoms with E-state index in [0.717, 1.165) is 11.3 Å². The first-order valence-electron chi connectivity index (χ1n) is 5.65. The summed E-state index contributed by atoms with van der Waals surface area (Å²) in [5.41, 5.74) is 1.57. The molecule has 0 aliphatic rings. The van der Waals surface area contributed by atoms with Gasteiger partial charge in [0.1, 0.15) is 4.88 Å². The van der Waals surface area contributed by atoms with Gasteiger partial charge in [-0.3, -0.25) is 9.78 Å². The van der Waals surface area contributed by atoms with Gasteiger partial charge in [0, 0.05) is 11.9 Å². The number of carbonyl (C=O) groups is 2. The van der Waals surface area contributed by atoms with Crippen molar-refractivity contribution in [2.24, 2.45) is 0 Å². The summed E-state index contributed by atoms with van der Waals surface area (Å²) in [6.45, 7) is 3.45. The second-order valence-corrected chi connectivity index (χ2v) is 5.65. The Labute approximate surface area is 124 Å². The van der Waals surface area contributed by atoms with E-state index in [1.54, 1.807) is 26.0 Å². The van der Waals surface area contributed by atoms with E-state index in [2.05, 4.69) is 10.3 Å². The van der Waals surface area contributed by atoms with Crippen molar-refractivity contribution in [2.45, 2.75) is 13.8 Å². The van der Waals surface area contributed by atoms with Crippen LogP contribution in [0.5, 0.6) is 0 Å². The van der Waals surface area contributed by atoms with Crippen molar-refractivity contribution in [1.29, 1.82) is 0 Å². The van der Waals surface area contributed by atoms with Gasteiger partial charge in [-0.05, 0) is 31.5 Å². The molecule has 5 nitrogen and oxygen atoms in total. The second-order valence-electron chi connectivity index (χ2n) is 4.19. The number of aryl methyl sites for hydroxylation is 2. The molecule has 0 unspecified atom stereocenters. The molecule has 20 heavy (non-hydrogen) atoms. The molecule has 2 N–H and O–H groups in total. The highest BCUT2D eigenvalue weighted by Gasteiger charge is 2.16. The third-order valence-electron chi connectivity index (χ3n) is 2.58. The fourth-order valence-corrected chi connectivity index (χ4v) is 2.83. The number of hydrogen-bond acceptors (Lipinski definition) is 4. The first-order valence-corrected chi connectivity index (χ1v) is 6.85. The molecule has 2 heterocycles. The number of carboxylic acid groups (broad SMARTS) is 1. The minimum atomic E-state index is -1.01. The average Bonchev–Trinajstić information content (AvgIpc) is 2.70. The summed E-state index contributed by atoms with van der Waals surface area (Å²) < 4.78 is 0. The van der Waals surface area contributed by atoms with Crippen molar-refractivity contribution in [3.05, 3.63) is 45.1 Å². The summed E-state index contributed by atoms with van der Waals surface area (Å²) in [7, 11) is 0. The van der Waals surface area contributed by atoms with Crippen molar-refractivity contribution in [1.82, 2.24) is 4.98 Å². The van der Waals surface area contributed by atoms with Gasteiger partial charge in [0.05, 0.1) is 15.6 Å². The highest BCUT2D eigenvalue weighted by Crippen LogP contribution is 2.27. The number of carbonyl (C=O) groups excluding carboxylic acids is 1. The van der Waals surface area contributed by atoms with E-state index in [1.165, 1.54) is 6.20 Å². The van der Waals surface area contributed by atoms with Gasteiger partial charge >= 0.3 is 5.97 Å². The number of amides is 1. The standard InChI is InChI=1S/C13H11ClN2O3S/c1-6-3-10(20-11(6)13(18)19)16-12(17)8-5-15-7(2)4-9(8)14/h3-5H,1-2H3,(H,16,17)(H,18,19). The summed E-state index contributed by atoms with van der Waals surface area (Å²) in [4.78, 5) is 27.2. The minimum absolute atomic E-state index is 0.202. The molecular formula is C13H11ClN2O3S. The fourth-order valence-electron chi connectivity index (χ4n) is 1.63. The van der Waals surface area contributed by atoms with E-state index in [0.29, 0.717) is 21.3 Å². The fraction of sp³-hybridized carbons (Fsp3) is 0.154. The Bertz CT molecular complexity index is 697. The van der Waals surface area contributed by atoms with E-state index in [9.17, 15) is 9.59 Å². The number of rotatable bonds is 3. The van der Waals surface area contributed by atoms with Crippen LogP contribution in [0, 0.1) is 13.8 Å². The molecule has 0 aliphatic carbocycles. The summed E-state index contributed by atoms with van der Waals surface area (Å²) in [6.07, 6.45) is 1.39. The molecule has 1 amide bonds. The molecule has 0 aliphatic heterocycles. The van der Waals surface area contributed by atoms with Gasteiger partial charge in [0.15, 0.2) is 0 Å². The van der Waals surface area contributed by atoms with Gasteiger partial charge in [0.2, 0.25) is 0 Å². The largest absolute Gasteiger partial charge is 0.477 e. The van der Waals surface area contributed by atoms with Crippen LogP contribution in [-0.4, -0.2) is 22.0 Å². The van der Waals surface area contributed by atoms with Crippen LogP contribution in [0.3, 0.4) is 0 Å². The zero-order valence-corrected chi connectivity index (χ0v) is 12.3. The normalized spacial score (nSPS) is 10.3. The van der Waals surface area contributed by atoms with Crippen LogP contribution in [0.1, 0.15) is 31.3 Å². The summed E-state index contributed by atoms with van der Waals surface area (Å²) in [6, 6.07) is 3.21. The molecule has 2 aromatic rings. The number of hydrogen-bond donors (Lipinski definition) is 2. The monoisotopic (exact) mass is 310 g/mol. The molecule has 0 spiro atoms. The van der Waals surface area contributed by atoms with Gasteiger partial charge in [-0.2, -0.15) is 0 Å². The first kappa shape index (κ1) is 14.5. The van der Waals surface area contributed by atoms with E-state index >= 15 is 0 Å². The molecular weight excluding hydrogens is 300 g/mol. The lowest BCUT2D eigenvalue weighted by molar-refractivity contribution is 0.0701. The van der Waals surface area contributed by atoms with Crippen LogP contribution in [-0.2, 0) is 0 Å². The number of anilines is 1. The van der Waals surface area contributed by atoms with E-state index in [4.69, 9.17) is 16.7 Å². The molecule has 0 radical (unpaired) electrons. The smallest absolute Gasteiger partial charge is 0.346 e. The van der Waals surface area contributed by atoms with Crippen LogP contribution < -0.4 is 5.32 Å². The molecule has 0 saturated carbocycles. The first-order chi connectivity index (χ1) is 9.38. The predicted molar refractivity (Wildman–Crippen MR) is 78.0 cm³/mol. The van der Waals surface area contributed by atoms with E-state index in [1.807, 2.05) is 0 Å². The van der Waals surface area contributed by atoms with Crippen molar-refractivity contribution >= 4 is 39.8 Å². The number of aromatic nitrogens is 1. The number of halogens is 1. The van der Waals surface area contributed by atoms with Crippen molar-refractivity contribution in [2.75, 3.05) is 5.32 Å². The van der Waals surface area contributed by atoms with Gasteiger partial charge < -0.3 is 10.4 Å². The lowest BCUT2D eigenvalue weighted by atomic mass is 10.2. The summed E-state index contributed by atoms with van der Waals surface area (Å²) in [5.74, 6) is -1.43. The van der Waals surface area contributed by atoms with Gasteiger partial charge in [0.25, 0.3) is 5.91 Å². The zero-order valence-electron chi connectivity index (χ0n) is 10.7. The van der Waals surface area contributed by atoms with Crippen LogP contribution in [0.25, 0.3) is 0 Å². The number of aromatic carboxylic acids is 1. The van der Waals surface area contributed by atoms with Crippen molar-refractivity contribution < 1.29 is 14.7 Å². The molecule has 7 heteroatoms. The highest BCUT2D eigenvalue weighted by molar-refractivity contribution is 7.18. The second kappa shape index (κ2) is 5.60. The number of pyridine rings is 1. The minimum Gasteiger partial charge on any atom is -0.477 e. The van der Waals surface area contributed by atoms with Crippen LogP contribution >= 0.6 is 22.9 Å². The van der Waals surface area contributed by atoms with Crippen molar-refractivity contribution in [3.8, 4) is 0 Å². The van der Waals surface area contributed by atoms with Gasteiger partial charge in [-0.15, -0.1) is 11.3 Å². The average molecular weight is 311 g/mol. The topological polar surface area (TPSA) is 79.3 Å². The maximum absolute atomic E-state index is 12.1. The van der Waals surface area contributed by atoms with Crippen LogP contribution in [0.2, 0.25) is 5.02 Å². The van der Waals surface area contributed by atoms with Gasteiger partial charge in [-0.1, -0.05) is 11.6 Å². The highest BCUT2D eigenvalue weighted by atomic mass is 35.5. The molecule has 0 atom stereocenters. The molecule has 104 valence electrons. The molecule has 2 rings (SSSR count). The number of nitrogens with zero attached hydrogens (tertiary/aromatic N) is 1. The Hall–Kier alpha value is -1.92. The Kier molecular flexibility index (Phi) is 4.06.